The summed E-state index contributed by atoms with van der Waals surface area (Å²) in [6.45, 7) is 8.29. The van der Waals surface area contributed by atoms with Crippen LogP contribution in [0.1, 0.15) is 28.4 Å². The van der Waals surface area contributed by atoms with Crippen molar-refractivity contribution in [2.24, 2.45) is 0 Å². The molecule has 0 atom stereocenters. The minimum Gasteiger partial charge on any atom is -0.478 e. The third kappa shape index (κ3) is 4.59. The summed E-state index contributed by atoms with van der Waals surface area (Å²) in [7, 11) is 0. The van der Waals surface area contributed by atoms with Crippen molar-refractivity contribution in [3.63, 3.8) is 0 Å². The molecule has 0 unspecified atom stereocenters. The molecule has 2 N–H and O–H groups in total. The smallest absolute Gasteiger partial charge is 0.339 e. The second-order valence-corrected chi connectivity index (χ2v) is 6.54. The summed E-state index contributed by atoms with van der Waals surface area (Å²) >= 11 is 0. The van der Waals surface area contributed by atoms with Crippen molar-refractivity contribution in [2.75, 3.05) is 37.6 Å². The van der Waals surface area contributed by atoms with Crippen LogP contribution in [-0.4, -0.2) is 53.7 Å². The van der Waals surface area contributed by atoms with Crippen LogP contribution >= 0.6 is 0 Å². The Morgan fingerprint density at radius 3 is 2.46 bits per heavy atom. The first-order valence-electron chi connectivity index (χ1n) is 9.11. The molecule has 2 aromatic rings. The Bertz CT molecular complexity index is 725. The highest BCUT2D eigenvalue weighted by Gasteiger charge is 2.22. The van der Waals surface area contributed by atoms with Crippen LogP contribution in [0.15, 0.2) is 42.6 Å². The van der Waals surface area contributed by atoms with Gasteiger partial charge in [0.1, 0.15) is 11.4 Å². The molecule has 6 nitrogen and oxygen atoms in total. The predicted molar refractivity (Wildman–Crippen MR) is 103 cm³/mol. The van der Waals surface area contributed by atoms with Crippen LogP contribution in [0.3, 0.4) is 0 Å². The topological polar surface area (TPSA) is 68.7 Å². The zero-order valence-corrected chi connectivity index (χ0v) is 15.2. The standard InChI is InChI=1S/C20H26N4O2/c1-2-21-14-16-5-7-17(8-6-16)15-23-10-12-24(13-11-23)19-18(20(25)26)4-3-9-22-19/h3-9,21H,2,10-15H2,1H3,(H,25,26). The van der Waals surface area contributed by atoms with Gasteiger partial charge in [-0.25, -0.2) is 9.78 Å². The lowest BCUT2D eigenvalue weighted by molar-refractivity contribution is 0.0697. The van der Waals surface area contributed by atoms with Gasteiger partial charge in [-0.15, -0.1) is 0 Å². The van der Waals surface area contributed by atoms with Gasteiger partial charge in [-0.2, -0.15) is 0 Å². The molecule has 0 aliphatic carbocycles. The van der Waals surface area contributed by atoms with E-state index in [9.17, 15) is 9.90 Å². The number of piperazine rings is 1. The van der Waals surface area contributed by atoms with E-state index in [0.29, 0.717) is 5.82 Å². The van der Waals surface area contributed by atoms with Crippen molar-refractivity contribution in [2.45, 2.75) is 20.0 Å². The normalized spacial score (nSPS) is 15.2. The Balaban J connectivity index is 1.55. The first-order chi connectivity index (χ1) is 12.7. The molecule has 0 bridgehead atoms. The maximum atomic E-state index is 11.4. The number of aromatic nitrogens is 1. The van der Waals surface area contributed by atoms with E-state index in [2.05, 4.69) is 51.3 Å². The van der Waals surface area contributed by atoms with Crippen molar-refractivity contribution >= 4 is 11.8 Å². The van der Waals surface area contributed by atoms with E-state index in [-0.39, 0.29) is 5.56 Å². The lowest BCUT2D eigenvalue weighted by Gasteiger charge is -2.35. The molecule has 1 aromatic heterocycles. The molecular weight excluding hydrogens is 328 g/mol. The Labute approximate surface area is 154 Å². The third-order valence-electron chi connectivity index (χ3n) is 4.70. The van der Waals surface area contributed by atoms with Crippen LogP contribution in [0, 0.1) is 0 Å². The second-order valence-electron chi connectivity index (χ2n) is 6.54. The molecule has 1 aliphatic heterocycles. The number of carbonyl (C=O) groups is 1. The Morgan fingerprint density at radius 2 is 1.81 bits per heavy atom. The third-order valence-corrected chi connectivity index (χ3v) is 4.70. The molecule has 6 heteroatoms. The fourth-order valence-corrected chi connectivity index (χ4v) is 3.22. The van der Waals surface area contributed by atoms with E-state index in [0.717, 1.165) is 45.8 Å². The first kappa shape index (κ1) is 18.4. The Morgan fingerprint density at radius 1 is 1.12 bits per heavy atom. The van der Waals surface area contributed by atoms with Gasteiger partial charge >= 0.3 is 5.97 Å². The number of carboxylic acid groups (broad SMARTS) is 1. The van der Waals surface area contributed by atoms with Crippen molar-refractivity contribution in [1.82, 2.24) is 15.2 Å². The number of nitrogens with zero attached hydrogens (tertiary/aromatic N) is 3. The number of rotatable bonds is 7. The van der Waals surface area contributed by atoms with Crippen LogP contribution in [0.4, 0.5) is 5.82 Å². The molecule has 0 radical (unpaired) electrons. The molecule has 1 saturated heterocycles. The van der Waals surface area contributed by atoms with Crippen LogP contribution in [0.5, 0.6) is 0 Å². The molecule has 0 saturated carbocycles. The Kier molecular flexibility index (Phi) is 6.20. The molecular formula is C20H26N4O2. The van der Waals surface area contributed by atoms with Gasteiger partial charge in [0, 0.05) is 45.5 Å². The fourth-order valence-electron chi connectivity index (χ4n) is 3.22. The SMILES string of the molecule is CCNCc1ccc(CN2CCN(c3ncccc3C(=O)O)CC2)cc1. The highest BCUT2D eigenvalue weighted by atomic mass is 16.4. The van der Waals surface area contributed by atoms with E-state index < -0.39 is 5.97 Å². The number of pyridine rings is 1. The van der Waals surface area contributed by atoms with Crippen LogP contribution in [-0.2, 0) is 13.1 Å². The molecule has 2 heterocycles. The van der Waals surface area contributed by atoms with Gasteiger partial charge in [0.05, 0.1) is 0 Å². The largest absolute Gasteiger partial charge is 0.478 e. The van der Waals surface area contributed by atoms with Crippen molar-refractivity contribution in [3.05, 3.63) is 59.3 Å². The van der Waals surface area contributed by atoms with Gasteiger partial charge in [0.2, 0.25) is 0 Å². The number of nitrogens with one attached hydrogen (secondary N) is 1. The maximum absolute atomic E-state index is 11.4. The molecule has 1 aliphatic rings. The fraction of sp³-hybridized carbons (Fsp3) is 0.400. The van der Waals surface area contributed by atoms with Gasteiger partial charge in [-0.3, -0.25) is 4.90 Å². The zero-order chi connectivity index (χ0) is 18.4. The van der Waals surface area contributed by atoms with E-state index in [1.165, 1.54) is 11.1 Å². The minimum absolute atomic E-state index is 0.275. The lowest BCUT2D eigenvalue weighted by Crippen LogP contribution is -2.46. The summed E-state index contributed by atoms with van der Waals surface area (Å²) in [5, 5.41) is 12.7. The average Bonchev–Trinajstić information content (AvgIpc) is 2.68. The molecule has 0 amide bonds. The summed E-state index contributed by atoms with van der Waals surface area (Å²) in [4.78, 5) is 20.1. The van der Waals surface area contributed by atoms with E-state index in [1.807, 2.05) is 0 Å². The molecule has 1 aromatic carbocycles. The van der Waals surface area contributed by atoms with E-state index in [4.69, 9.17) is 0 Å². The summed E-state index contributed by atoms with van der Waals surface area (Å²) in [5.41, 5.74) is 2.89. The number of hydrogen-bond donors (Lipinski definition) is 2. The van der Waals surface area contributed by atoms with Gasteiger partial charge in [0.15, 0.2) is 0 Å². The predicted octanol–water partition coefficient (Wildman–Crippen LogP) is 2.21. The Hall–Kier alpha value is -2.44. The number of carboxylic acids is 1. The number of anilines is 1. The van der Waals surface area contributed by atoms with Crippen molar-refractivity contribution in [3.8, 4) is 0 Å². The molecule has 1 fully saturated rings. The van der Waals surface area contributed by atoms with Crippen LogP contribution in [0.25, 0.3) is 0 Å². The lowest BCUT2D eigenvalue weighted by atomic mass is 10.1. The highest BCUT2D eigenvalue weighted by molar-refractivity contribution is 5.93. The van der Waals surface area contributed by atoms with Crippen LogP contribution < -0.4 is 10.2 Å². The number of aromatic carboxylic acids is 1. The number of hydrogen-bond acceptors (Lipinski definition) is 5. The summed E-state index contributed by atoms with van der Waals surface area (Å²) in [6.07, 6.45) is 1.66. The van der Waals surface area contributed by atoms with Crippen molar-refractivity contribution in [1.29, 1.82) is 0 Å². The van der Waals surface area contributed by atoms with Gasteiger partial charge in [0.25, 0.3) is 0 Å². The van der Waals surface area contributed by atoms with E-state index in [1.54, 1.807) is 18.3 Å². The molecule has 0 spiro atoms. The molecule has 138 valence electrons. The van der Waals surface area contributed by atoms with Crippen molar-refractivity contribution < 1.29 is 9.90 Å². The summed E-state index contributed by atoms with van der Waals surface area (Å²) in [6, 6.07) is 12.0. The average molecular weight is 354 g/mol. The summed E-state index contributed by atoms with van der Waals surface area (Å²) < 4.78 is 0. The molecule has 3 rings (SSSR count). The zero-order valence-electron chi connectivity index (χ0n) is 15.2. The maximum Gasteiger partial charge on any atom is 0.339 e. The molecule has 26 heavy (non-hydrogen) atoms. The summed E-state index contributed by atoms with van der Waals surface area (Å²) in [5.74, 6) is -0.347. The van der Waals surface area contributed by atoms with Crippen LogP contribution in [0.2, 0.25) is 0 Å². The monoisotopic (exact) mass is 354 g/mol. The second kappa shape index (κ2) is 8.78. The highest BCUT2D eigenvalue weighted by Crippen LogP contribution is 2.19. The van der Waals surface area contributed by atoms with Gasteiger partial charge in [-0.05, 0) is 29.8 Å². The quantitative estimate of drug-likeness (QED) is 0.795. The van der Waals surface area contributed by atoms with Gasteiger partial charge < -0.3 is 15.3 Å². The first-order valence-corrected chi connectivity index (χ1v) is 9.11. The van der Waals surface area contributed by atoms with Gasteiger partial charge in [-0.1, -0.05) is 31.2 Å². The number of benzene rings is 1. The van der Waals surface area contributed by atoms with E-state index >= 15 is 0 Å². The minimum atomic E-state index is -0.923.